The highest BCUT2D eigenvalue weighted by Gasteiger charge is 2.11. The number of benzene rings is 1. The molecule has 1 aromatic carbocycles. The minimum absolute atomic E-state index is 0.0132. The van der Waals surface area contributed by atoms with Crippen LogP contribution >= 0.6 is 0 Å². The normalized spacial score (nSPS) is 14.2. The number of rotatable bonds is 10. The van der Waals surface area contributed by atoms with Crippen LogP contribution < -0.4 is 4.74 Å². The first-order valence-electron chi connectivity index (χ1n) is 10.7. The van der Waals surface area contributed by atoms with Gasteiger partial charge in [0.15, 0.2) is 12.4 Å². The van der Waals surface area contributed by atoms with Crippen molar-refractivity contribution in [3.63, 3.8) is 0 Å². The van der Waals surface area contributed by atoms with Gasteiger partial charge in [0.05, 0.1) is 6.10 Å². The minimum atomic E-state index is -0.0884. The second-order valence-corrected chi connectivity index (χ2v) is 7.47. The van der Waals surface area contributed by atoms with Gasteiger partial charge in [0.1, 0.15) is 5.75 Å². The summed E-state index contributed by atoms with van der Waals surface area (Å²) in [4.78, 5) is 22.5. The predicted molar refractivity (Wildman–Crippen MR) is 118 cm³/mol. The number of unbranched alkanes of at least 4 members (excludes halogenated alkanes) is 1. The average molecular weight is 401 g/mol. The molecule has 0 heterocycles. The SMILES string of the molecule is C/C=C\CCCC(=O)OC(C)C.O=C(/C=C/C1CCCC1)COc1ccccc1. The summed E-state index contributed by atoms with van der Waals surface area (Å²) in [5.41, 5.74) is 0. The van der Waals surface area contributed by atoms with Crippen LogP contribution in [0.4, 0.5) is 0 Å². The van der Waals surface area contributed by atoms with E-state index in [1.807, 2.05) is 63.3 Å². The maximum absolute atomic E-state index is 11.6. The van der Waals surface area contributed by atoms with Gasteiger partial charge in [0, 0.05) is 6.42 Å². The third kappa shape index (κ3) is 13.4. The summed E-state index contributed by atoms with van der Waals surface area (Å²) >= 11 is 0. The van der Waals surface area contributed by atoms with Crippen molar-refractivity contribution in [3.8, 4) is 5.75 Å². The molecule has 0 aromatic heterocycles. The minimum Gasteiger partial charge on any atom is -0.485 e. The lowest BCUT2D eigenvalue weighted by Gasteiger charge is -2.06. The molecule has 0 atom stereocenters. The van der Waals surface area contributed by atoms with Gasteiger partial charge in [0.2, 0.25) is 0 Å². The van der Waals surface area contributed by atoms with Gasteiger partial charge in [-0.15, -0.1) is 0 Å². The number of carbonyl (C=O) groups excluding carboxylic acids is 2. The van der Waals surface area contributed by atoms with Gasteiger partial charge in [-0.2, -0.15) is 0 Å². The zero-order valence-electron chi connectivity index (χ0n) is 18.1. The Morgan fingerprint density at radius 1 is 1.14 bits per heavy atom. The zero-order chi connectivity index (χ0) is 21.3. The smallest absolute Gasteiger partial charge is 0.306 e. The Morgan fingerprint density at radius 3 is 2.45 bits per heavy atom. The molecule has 4 nitrogen and oxygen atoms in total. The molecule has 0 aliphatic heterocycles. The highest BCUT2D eigenvalue weighted by Crippen LogP contribution is 2.25. The van der Waals surface area contributed by atoms with Crippen LogP contribution in [-0.2, 0) is 14.3 Å². The molecule has 0 unspecified atom stereocenters. The molecule has 29 heavy (non-hydrogen) atoms. The largest absolute Gasteiger partial charge is 0.485 e. The van der Waals surface area contributed by atoms with E-state index in [2.05, 4.69) is 6.08 Å². The lowest BCUT2D eigenvalue weighted by Crippen LogP contribution is -2.10. The van der Waals surface area contributed by atoms with Crippen LogP contribution in [0, 0.1) is 5.92 Å². The lowest BCUT2D eigenvalue weighted by molar-refractivity contribution is -0.147. The van der Waals surface area contributed by atoms with E-state index in [-0.39, 0.29) is 24.5 Å². The van der Waals surface area contributed by atoms with Crippen molar-refractivity contribution in [3.05, 3.63) is 54.6 Å². The molecule has 1 saturated carbocycles. The zero-order valence-corrected chi connectivity index (χ0v) is 18.1. The van der Waals surface area contributed by atoms with E-state index >= 15 is 0 Å². The van der Waals surface area contributed by atoms with Crippen molar-refractivity contribution in [2.75, 3.05) is 6.61 Å². The Bertz CT molecular complexity index is 625. The quantitative estimate of drug-likeness (QED) is 0.207. The average Bonchev–Trinajstić information content (AvgIpc) is 3.22. The van der Waals surface area contributed by atoms with E-state index in [9.17, 15) is 9.59 Å². The van der Waals surface area contributed by atoms with Crippen molar-refractivity contribution in [1.82, 2.24) is 0 Å². The number of esters is 1. The number of allylic oxidation sites excluding steroid dienone is 3. The molecule has 0 bridgehead atoms. The second kappa shape index (κ2) is 15.5. The summed E-state index contributed by atoms with van der Waals surface area (Å²) in [5, 5.41) is 0. The fourth-order valence-electron chi connectivity index (χ4n) is 2.97. The summed E-state index contributed by atoms with van der Waals surface area (Å²) in [6.07, 6.45) is 15.2. The molecule has 160 valence electrons. The van der Waals surface area contributed by atoms with Crippen LogP contribution in [0.3, 0.4) is 0 Å². The topological polar surface area (TPSA) is 52.6 Å². The lowest BCUT2D eigenvalue weighted by atomic mass is 10.1. The molecule has 0 spiro atoms. The van der Waals surface area contributed by atoms with Crippen LogP contribution in [0.1, 0.15) is 65.7 Å². The third-order valence-electron chi connectivity index (χ3n) is 4.43. The number of hydrogen-bond acceptors (Lipinski definition) is 4. The van der Waals surface area contributed by atoms with Gasteiger partial charge in [-0.3, -0.25) is 9.59 Å². The molecule has 0 N–H and O–H groups in total. The first-order valence-corrected chi connectivity index (χ1v) is 10.7. The predicted octanol–water partition coefficient (Wildman–Crippen LogP) is 6.07. The van der Waals surface area contributed by atoms with Gasteiger partial charge in [-0.1, -0.05) is 49.3 Å². The molecular formula is C25H36O4. The van der Waals surface area contributed by atoms with E-state index in [1.54, 1.807) is 6.08 Å². The summed E-state index contributed by atoms with van der Waals surface area (Å²) in [5.74, 6) is 1.31. The van der Waals surface area contributed by atoms with Crippen LogP contribution in [0.25, 0.3) is 0 Å². The van der Waals surface area contributed by atoms with Crippen molar-refractivity contribution >= 4 is 11.8 Å². The van der Waals surface area contributed by atoms with Crippen molar-refractivity contribution in [1.29, 1.82) is 0 Å². The van der Waals surface area contributed by atoms with E-state index in [1.165, 1.54) is 25.7 Å². The standard InChI is InChI=1S/C15H18O2.C10H18O2/c16-14(11-10-13-6-4-5-7-13)12-17-15-8-2-1-3-9-15;1-4-5-6-7-8-10(11)12-9(2)3/h1-3,8-11,13H,4-7,12H2;4-5,9H,6-8H2,1-3H3/b11-10+;5-4-. The third-order valence-corrected chi connectivity index (χ3v) is 4.43. The molecule has 1 aromatic rings. The number of ether oxygens (including phenoxy) is 2. The maximum atomic E-state index is 11.6. The van der Waals surface area contributed by atoms with Crippen molar-refractivity contribution in [2.45, 2.75) is 71.8 Å². The Balaban J connectivity index is 0.000000311. The molecule has 1 aliphatic rings. The molecule has 2 rings (SSSR count). The Hall–Kier alpha value is -2.36. The molecule has 1 fully saturated rings. The molecule has 0 saturated heterocycles. The number of ketones is 1. The molecule has 0 radical (unpaired) electrons. The van der Waals surface area contributed by atoms with Gasteiger partial charge >= 0.3 is 5.97 Å². The summed E-state index contributed by atoms with van der Waals surface area (Å²) in [6.45, 7) is 5.84. The van der Waals surface area contributed by atoms with Gasteiger partial charge in [0.25, 0.3) is 0 Å². The monoisotopic (exact) mass is 400 g/mol. The van der Waals surface area contributed by atoms with Crippen LogP contribution in [0.5, 0.6) is 5.75 Å². The number of carbonyl (C=O) groups is 2. The molecule has 4 heteroatoms. The number of hydrogen-bond donors (Lipinski definition) is 0. The highest BCUT2D eigenvalue weighted by molar-refractivity contribution is 5.90. The Labute approximate surface area is 176 Å². The van der Waals surface area contributed by atoms with Crippen LogP contribution in [0.15, 0.2) is 54.6 Å². The second-order valence-electron chi connectivity index (χ2n) is 7.47. The number of para-hydroxylation sites is 1. The molecular weight excluding hydrogens is 364 g/mol. The maximum Gasteiger partial charge on any atom is 0.306 e. The Morgan fingerprint density at radius 2 is 1.83 bits per heavy atom. The van der Waals surface area contributed by atoms with E-state index in [0.717, 1.165) is 18.6 Å². The van der Waals surface area contributed by atoms with E-state index in [4.69, 9.17) is 9.47 Å². The summed E-state index contributed by atoms with van der Waals surface area (Å²) in [6, 6.07) is 9.43. The molecule has 0 amide bonds. The first kappa shape index (κ1) is 24.7. The Kier molecular flexibility index (Phi) is 13.2. The van der Waals surface area contributed by atoms with Gasteiger partial charge in [-0.25, -0.2) is 0 Å². The first-order chi connectivity index (χ1) is 14.0. The van der Waals surface area contributed by atoms with Crippen molar-refractivity contribution < 1.29 is 19.1 Å². The van der Waals surface area contributed by atoms with Gasteiger partial charge < -0.3 is 9.47 Å². The van der Waals surface area contributed by atoms with Gasteiger partial charge in [-0.05, 0) is 70.6 Å². The summed E-state index contributed by atoms with van der Waals surface area (Å²) < 4.78 is 10.3. The fraction of sp³-hybridized carbons (Fsp3) is 0.520. The van der Waals surface area contributed by atoms with E-state index in [0.29, 0.717) is 12.3 Å². The van der Waals surface area contributed by atoms with E-state index < -0.39 is 0 Å². The highest BCUT2D eigenvalue weighted by atomic mass is 16.5. The van der Waals surface area contributed by atoms with Crippen LogP contribution in [-0.4, -0.2) is 24.5 Å². The molecule has 1 aliphatic carbocycles. The van der Waals surface area contributed by atoms with Crippen molar-refractivity contribution in [2.24, 2.45) is 5.92 Å². The summed E-state index contributed by atoms with van der Waals surface area (Å²) in [7, 11) is 0. The fourth-order valence-corrected chi connectivity index (χ4v) is 2.97. The van der Waals surface area contributed by atoms with Crippen LogP contribution in [0.2, 0.25) is 0 Å².